The van der Waals surface area contributed by atoms with Crippen molar-refractivity contribution in [2.75, 3.05) is 18.1 Å². The minimum Gasteiger partial charge on any atom is -0.399 e. The van der Waals surface area contributed by atoms with Crippen LogP contribution in [-0.2, 0) is 15.5 Å². The molecule has 0 saturated carbocycles. The minimum atomic E-state index is -4.70. The highest BCUT2D eigenvalue weighted by Gasteiger charge is 2.29. The molecule has 0 saturated heterocycles. The molecule has 19 heavy (non-hydrogen) atoms. The summed E-state index contributed by atoms with van der Waals surface area (Å²) in [6.07, 6.45) is -4.70. The van der Waals surface area contributed by atoms with Crippen molar-refractivity contribution < 1.29 is 22.1 Å². The molecule has 1 aromatic heterocycles. The van der Waals surface area contributed by atoms with Crippen LogP contribution < -0.4 is 5.73 Å². The second-order valence-corrected chi connectivity index (χ2v) is 6.33. The molecule has 1 heterocycles. The van der Waals surface area contributed by atoms with E-state index in [2.05, 4.69) is 9.72 Å². The number of nitrogen functional groups attached to an aromatic ring is 1. The summed E-state index contributed by atoms with van der Waals surface area (Å²) in [5.74, 6) is -0.255. The molecular weight excluding hydrogens is 301 g/mol. The number of nitrogens with two attached hydrogens (primary N) is 1. The van der Waals surface area contributed by atoms with E-state index in [0.717, 1.165) is 16.0 Å². The summed E-state index contributed by atoms with van der Waals surface area (Å²) in [6, 6.07) is 5.01. The zero-order chi connectivity index (χ0) is 14.0. The number of benzene rings is 1. The summed E-state index contributed by atoms with van der Waals surface area (Å²) in [5, 5.41) is 0. The first-order valence-electron chi connectivity index (χ1n) is 5.10. The Balaban J connectivity index is 2.05. The van der Waals surface area contributed by atoms with Crippen LogP contribution in [0, 0.1) is 0 Å². The second kappa shape index (κ2) is 5.43. The Morgan fingerprint density at radius 2 is 2.16 bits per heavy atom. The molecule has 0 spiro atoms. The Labute approximate surface area is 112 Å². The fraction of sp³-hybridized carbons (Fsp3) is 0.300. The number of thiazole rings is 1. The van der Waals surface area contributed by atoms with Crippen molar-refractivity contribution in [3.8, 4) is 0 Å². The van der Waals surface area contributed by atoms with Gasteiger partial charge in [0.1, 0.15) is 0 Å². The molecule has 0 radical (unpaired) electrons. The zero-order valence-corrected chi connectivity index (χ0v) is 11.1. The van der Waals surface area contributed by atoms with Crippen LogP contribution in [0.2, 0.25) is 0 Å². The fourth-order valence-electron chi connectivity index (χ4n) is 1.34. The van der Waals surface area contributed by atoms with Crippen molar-refractivity contribution in [1.82, 2.24) is 4.98 Å². The van der Waals surface area contributed by atoms with E-state index in [4.69, 9.17) is 5.73 Å². The van der Waals surface area contributed by atoms with Gasteiger partial charge in [-0.2, -0.15) is 0 Å². The van der Waals surface area contributed by atoms with E-state index in [1.807, 2.05) is 0 Å². The summed E-state index contributed by atoms with van der Waals surface area (Å²) in [4.78, 5) is 4.09. The van der Waals surface area contributed by atoms with Crippen LogP contribution in [0.5, 0.6) is 0 Å². The van der Waals surface area contributed by atoms with E-state index in [0.29, 0.717) is 11.2 Å². The second-order valence-electron chi connectivity index (χ2n) is 3.55. The maximum Gasteiger partial charge on any atom is 0.522 e. The van der Waals surface area contributed by atoms with Crippen LogP contribution in [-0.4, -0.2) is 27.9 Å². The van der Waals surface area contributed by atoms with Crippen molar-refractivity contribution in [1.29, 1.82) is 0 Å². The van der Waals surface area contributed by atoms with Crippen LogP contribution in [0.25, 0.3) is 10.2 Å². The highest BCUT2D eigenvalue weighted by atomic mass is 32.2. The molecule has 4 nitrogen and oxygen atoms in total. The van der Waals surface area contributed by atoms with Gasteiger partial charge in [0.15, 0.2) is 4.34 Å². The average Bonchev–Trinajstić information content (AvgIpc) is 2.70. The minimum absolute atomic E-state index is 0.255. The molecular formula is C10H9F3N2O2S2. The fourth-order valence-corrected chi connectivity index (χ4v) is 3.58. The normalized spacial score (nSPS) is 13.8. The lowest BCUT2D eigenvalue weighted by atomic mass is 10.3. The molecule has 2 aromatic rings. The highest BCUT2D eigenvalue weighted by molar-refractivity contribution is 7.87. The summed E-state index contributed by atoms with van der Waals surface area (Å²) < 4.78 is 51.7. The summed E-state index contributed by atoms with van der Waals surface area (Å²) >= 11 is 1.15. The standard InChI is InChI=1S/C10H9F3N2O2S2/c11-10(12,13)17-3-4-19(16)9-15-7-2-1-6(14)5-8(7)18-9/h1-2,5H,3-4,14H2. The molecule has 1 aromatic carbocycles. The molecule has 2 rings (SSSR count). The molecule has 0 aliphatic carbocycles. The summed E-state index contributed by atoms with van der Waals surface area (Å²) in [5.41, 5.74) is 6.77. The van der Waals surface area contributed by atoms with Gasteiger partial charge >= 0.3 is 6.36 Å². The van der Waals surface area contributed by atoms with E-state index in [9.17, 15) is 17.4 Å². The quantitative estimate of drug-likeness (QED) is 0.881. The first-order chi connectivity index (χ1) is 8.85. The number of hydrogen-bond acceptors (Lipinski definition) is 5. The lowest BCUT2D eigenvalue weighted by Crippen LogP contribution is -2.17. The van der Waals surface area contributed by atoms with Crippen LogP contribution in [0.15, 0.2) is 22.5 Å². The Kier molecular flexibility index (Phi) is 4.07. The van der Waals surface area contributed by atoms with Gasteiger partial charge in [0.25, 0.3) is 0 Å². The number of alkyl halides is 3. The smallest absolute Gasteiger partial charge is 0.399 e. The third-order valence-corrected chi connectivity index (χ3v) is 4.76. The molecule has 104 valence electrons. The van der Waals surface area contributed by atoms with Crippen LogP contribution >= 0.6 is 11.3 Å². The van der Waals surface area contributed by atoms with Crippen LogP contribution in [0.3, 0.4) is 0 Å². The van der Waals surface area contributed by atoms with E-state index in [1.165, 1.54) is 0 Å². The third kappa shape index (κ3) is 3.88. The van der Waals surface area contributed by atoms with Crippen molar-refractivity contribution in [2.45, 2.75) is 10.7 Å². The van der Waals surface area contributed by atoms with Gasteiger partial charge in [-0.05, 0) is 18.2 Å². The Bertz CT molecular complexity index is 612. The van der Waals surface area contributed by atoms with Gasteiger partial charge in [-0.1, -0.05) is 0 Å². The van der Waals surface area contributed by atoms with Crippen molar-refractivity contribution in [3.05, 3.63) is 18.2 Å². The van der Waals surface area contributed by atoms with Gasteiger partial charge < -0.3 is 5.73 Å². The SMILES string of the molecule is Nc1ccc2nc(S(=O)CCOC(F)(F)F)sc2c1. The number of rotatable bonds is 4. The van der Waals surface area contributed by atoms with E-state index < -0.39 is 23.8 Å². The average molecular weight is 310 g/mol. The number of nitrogens with zero attached hydrogens (tertiary/aromatic N) is 1. The largest absolute Gasteiger partial charge is 0.522 e. The maximum absolute atomic E-state index is 11.8. The number of halogens is 3. The van der Waals surface area contributed by atoms with E-state index in [1.54, 1.807) is 18.2 Å². The molecule has 0 aliphatic rings. The number of anilines is 1. The summed E-state index contributed by atoms with van der Waals surface area (Å²) in [6.45, 7) is -0.659. The van der Waals surface area contributed by atoms with Gasteiger partial charge in [0.05, 0.1) is 33.4 Å². The molecule has 1 atom stereocenters. The van der Waals surface area contributed by atoms with Gasteiger partial charge in [0.2, 0.25) is 0 Å². The maximum atomic E-state index is 11.8. The molecule has 0 fully saturated rings. The van der Waals surface area contributed by atoms with Gasteiger partial charge in [-0.3, -0.25) is 8.95 Å². The number of hydrogen-bond donors (Lipinski definition) is 1. The van der Waals surface area contributed by atoms with E-state index in [-0.39, 0.29) is 10.1 Å². The highest BCUT2D eigenvalue weighted by Crippen LogP contribution is 2.26. The van der Waals surface area contributed by atoms with Gasteiger partial charge in [-0.15, -0.1) is 24.5 Å². The predicted octanol–water partition coefficient (Wildman–Crippen LogP) is 2.52. The molecule has 9 heteroatoms. The lowest BCUT2D eigenvalue weighted by Gasteiger charge is -2.05. The first kappa shape index (κ1) is 14.2. The van der Waals surface area contributed by atoms with Gasteiger partial charge in [-0.25, -0.2) is 4.98 Å². The molecule has 0 aliphatic heterocycles. The lowest BCUT2D eigenvalue weighted by molar-refractivity contribution is -0.322. The van der Waals surface area contributed by atoms with Crippen molar-refractivity contribution in [2.24, 2.45) is 0 Å². The third-order valence-electron chi connectivity index (χ3n) is 2.12. The summed E-state index contributed by atoms with van der Waals surface area (Å²) in [7, 11) is -1.62. The Hall–Kier alpha value is -1.19. The topological polar surface area (TPSA) is 65.2 Å². The van der Waals surface area contributed by atoms with Crippen LogP contribution in [0.4, 0.5) is 18.9 Å². The van der Waals surface area contributed by atoms with E-state index >= 15 is 0 Å². The zero-order valence-electron chi connectivity index (χ0n) is 9.44. The van der Waals surface area contributed by atoms with Crippen molar-refractivity contribution >= 4 is 38.0 Å². The molecule has 0 amide bonds. The Morgan fingerprint density at radius 1 is 1.42 bits per heavy atom. The van der Waals surface area contributed by atoms with Crippen LogP contribution in [0.1, 0.15) is 0 Å². The molecule has 0 bridgehead atoms. The molecule has 1 unspecified atom stereocenters. The number of aromatic nitrogens is 1. The molecule has 2 N–H and O–H groups in total. The number of fused-ring (bicyclic) bond motifs is 1. The first-order valence-corrected chi connectivity index (χ1v) is 7.24. The number of ether oxygens (including phenoxy) is 1. The monoisotopic (exact) mass is 310 g/mol. The van der Waals surface area contributed by atoms with Crippen molar-refractivity contribution in [3.63, 3.8) is 0 Å². The van der Waals surface area contributed by atoms with Gasteiger partial charge in [0, 0.05) is 5.69 Å². The Morgan fingerprint density at radius 3 is 2.84 bits per heavy atom. The predicted molar refractivity (Wildman–Crippen MR) is 67.3 cm³/mol.